The number of aryl methyl sites for hydroxylation is 1. The van der Waals surface area contributed by atoms with Crippen molar-refractivity contribution in [2.45, 2.75) is 24.9 Å². The van der Waals surface area contributed by atoms with E-state index in [1.54, 1.807) is 23.4 Å². The maximum atomic E-state index is 12.7. The van der Waals surface area contributed by atoms with Crippen LogP contribution in [0.2, 0.25) is 0 Å². The molecule has 7 heteroatoms. The number of rotatable bonds is 6. The number of carbonyl (C=O) groups excluding carboxylic acids is 2. The standard InChI is InChI=1S/C21H20N4O2S/c1-15-6-2-3-9-18(15)25-14-22-23-21(25)28-13-19(26)16-7-4-8-17(12-16)24-11-5-10-20(24)27/h2-4,6-9,12,14H,5,10-11,13H2,1H3. The lowest BCUT2D eigenvalue weighted by molar-refractivity contribution is -0.117. The zero-order chi connectivity index (χ0) is 19.5. The van der Waals surface area contributed by atoms with Crippen molar-refractivity contribution >= 4 is 29.1 Å². The molecule has 0 saturated carbocycles. The lowest BCUT2D eigenvalue weighted by Gasteiger charge is -2.16. The molecule has 1 aliphatic heterocycles. The molecule has 1 aliphatic rings. The molecule has 1 amide bonds. The minimum absolute atomic E-state index is 0.00201. The number of benzene rings is 2. The number of hydrogen-bond donors (Lipinski definition) is 0. The second kappa shape index (κ2) is 7.98. The molecule has 1 fully saturated rings. The van der Waals surface area contributed by atoms with Crippen LogP contribution in [-0.4, -0.2) is 38.8 Å². The molecule has 4 rings (SSSR count). The number of anilines is 1. The number of aromatic nitrogens is 3. The second-order valence-corrected chi connectivity index (χ2v) is 7.62. The first-order valence-corrected chi connectivity index (χ1v) is 10.1. The Morgan fingerprint density at radius 2 is 2.04 bits per heavy atom. The summed E-state index contributed by atoms with van der Waals surface area (Å²) in [5, 5.41) is 8.84. The van der Waals surface area contributed by atoms with Crippen LogP contribution < -0.4 is 4.90 Å². The van der Waals surface area contributed by atoms with Gasteiger partial charge in [0.25, 0.3) is 0 Å². The minimum Gasteiger partial charge on any atom is -0.312 e. The van der Waals surface area contributed by atoms with Crippen molar-refractivity contribution < 1.29 is 9.59 Å². The summed E-state index contributed by atoms with van der Waals surface area (Å²) in [5.41, 5.74) is 3.50. The normalized spacial score (nSPS) is 13.9. The molecule has 6 nitrogen and oxygen atoms in total. The highest BCUT2D eigenvalue weighted by Gasteiger charge is 2.22. The molecular formula is C21H20N4O2S. The molecule has 0 unspecified atom stereocenters. The molecule has 0 aliphatic carbocycles. The first-order chi connectivity index (χ1) is 13.6. The summed E-state index contributed by atoms with van der Waals surface area (Å²) in [6.45, 7) is 2.74. The van der Waals surface area contributed by atoms with E-state index < -0.39 is 0 Å². The predicted molar refractivity (Wildman–Crippen MR) is 109 cm³/mol. The fraction of sp³-hybridized carbons (Fsp3) is 0.238. The van der Waals surface area contributed by atoms with Gasteiger partial charge in [-0.2, -0.15) is 0 Å². The third-order valence-electron chi connectivity index (χ3n) is 4.78. The number of carbonyl (C=O) groups is 2. The quantitative estimate of drug-likeness (QED) is 0.473. The van der Waals surface area contributed by atoms with Gasteiger partial charge in [0, 0.05) is 24.2 Å². The summed E-state index contributed by atoms with van der Waals surface area (Å²) in [6.07, 6.45) is 3.10. The number of nitrogens with zero attached hydrogens (tertiary/aromatic N) is 4. The number of hydrogen-bond acceptors (Lipinski definition) is 5. The largest absolute Gasteiger partial charge is 0.312 e. The summed E-state index contributed by atoms with van der Waals surface area (Å²) < 4.78 is 1.90. The highest BCUT2D eigenvalue weighted by molar-refractivity contribution is 7.99. The lowest BCUT2D eigenvalue weighted by atomic mass is 10.1. The van der Waals surface area contributed by atoms with Crippen LogP contribution in [0.3, 0.4) is 0 Å². The van der Waals surface area contributed by atoms with E-state index in [0.717, 1.165) is 23.4 Å². The first-order valence-electron chi connectivity index (χ1n) is 9.16. The Morgan fingerprint density at radius 3 is 2.82 bits per heavy atom. The predicted octanol–water partition coefficient (Wildman–Crippen LogP) is 3.68. The molecule has 0 bridgehead atoms. The fourth-order valence-corrected chi connectivity index (χ4v) is 4.12. The van der Waals surface area contributed by atoms with Gasteiger partial charge < -0.3 is 4.90 Å². The zero-order valence-corrected chi connectivity index (χ0v) is 16.4. The smallest absolute Gasteiger partial charge is 0.227 e. The summed E-state index contributed by atoms with van der Waals surface area (Å²) in [5.74, 6) is 0.366. The van der Waals surface area contributed by atoms with E-state index in [2.05, 4.69) is 10.2 Å². The molecule has 2 heterocycles. The molecule has 2 aromatic carbocycles. The molecule has 0 N–H and O–H groups in total. The molecule has 142 valence electrons. The van der Waals surface area contributed by atoms with E-state index in [0.29, 0.717) is 23.7 Å². The summed E-state index contributed by atoms with van der Waals surface area (Å²) in [6, 6.07) is 15.3. The van der Waals surface area contributed by atoms with E-state index in [1.165, 1.54) is 11.8 Å². The van der Waals surface area contributed by atoms with Crippen LogP contribution in [0.5, 0.6) is 0 Å². The van der Waals surface area contributed by atoms with Crippen molar-refractivity contribution in [3.63, 3.8) is 0 Å². The maximum absolute atomic E-state index is 12.7. The summed E-state index contributed by atoms with van der Waals surface area (Å²) in [7, 11) is 0. The van der Waals surface area contributed by atoms with E-state index in [1.807, 2.05) is 47.9 Å². The van der Waals surface area contributed by atoms with Crippen LogP contribution in [0.15, 0.2) is 60.0 Å². The van der Waals surface area contributed by atoms with Crippen molar-refractivity contribution in [2.24, 2.45) is 0 Å². The van der Waals surface area contributed by atoms with Crippen molar-refractivity contribution in [3.8, 4) is 5.69 Å². The average Bonchev–Trinajstić information content (AvgIpc) is 3.35. The molecule has 1 aromatic heterocycles. The summed E-state index contributed by atoms with van der Waals surface area (Å²) >= 11 is 1.36. The van der Waals surface area contributed by atoms with Gasteiger partial charge in [0.1, 0.15) is 6.33 Å². The third kappa shape index (κ3) is 3.71. The number of para-hydroxylation sites is 1. The minimum atomic E-state index is -0.00201. The van der Waals surface area contributed by atoms with E-state index in [9.17, 15) is 9.59 Å². The Morgan fingerprint density at radius 1 is 1.18 bits per heavy atom. The van der Waals surface area contributed by atoms with Gasteiger partial charge in [-0.1, -0.05) is 42.1 Å². The van der Waals surface area contributed by atoms with Gasteiger partial charge in [0.05, 0.1) is 11.4 Å². The van der Waals surface area contributed by atoms with Gasteiger partial charge in [-0.05, 0) is 37.1 Å². The number of ketones is 1. The van der Waals surface area contributed by atoms with Gasteiger partial charge in [-0.15, -0.1) is 10.2 Å². The second-order valence-electron chi connectivity index (χ2n) is 6.68. The Labute approximate surface area is 167 Å². The molecule has 3 aromatic rings. The third-order valence-corrected chi connectivity index (χ3v) is 5.72. The Hall–Kier alpha value is -2.93. The topological polar surface area (TPSA) is 68.1 Å². The van der Waals surface area contributed by atoms with E-state index in [-0.39, 0.29) is 17.4 Å². The molecule has 0 atom stereocenters. The van der Waals surface area contributed by atoms with Gasteiger partial charge >= 0.3 is 0 Å². The number of Topliss-reactive ketones (excluding diaryl/α,β-unsaturated/α-hetero) is 1. The molecule has 0 radical (unpaired) electrons. The SMILES string of the molecule is Cc1ccccc1-n1cnnc1SCC(=O)c1cccc(N2CCCC2=O)c1. The van der Waals surface area contributed by atoms with E-state index >= 15 is 0 Å². The van der Waals surface area contributed by atoms with Gasteiger partial charge in [-0.3, -0.25) is 14.2 Å². The molecule has 1 saturated heterocycles. The summed E-state index contributed by atoms with van der Waals surface area (Å²) in [4.78, 5) is 26.4. The van der Waals surface area contributed by atoms with Crippen molar-refractivity contribution in [1.29, 1.82) is 0 Å². The van der Waals surface area contributed by atoms with Crippen LogP contribution in [0, 0.1) is 6.92 Å². The maximum Gasteiger partial charge on any atom is 0.227 e. The Kier molecular flexibility index (Phi) is 5.25. The lowest BCUT2D eigenvalue weighted by Crippen LogP contribution is -2.23. The Balaban J connectivity index is 1.48. The highest BCUT2D eigenvalue weighted by atomic mass is 32.2. The van der Waals surface area contributed by atoms with Gasteiger partial charge in [0.2, 0.25) is 5.91 Å². The van der Waals surface area contributed by atoms with Crippen molar-refractivity contribution in [1.82, 2.24) is 14.8 Å². The van der Waals surface area contributed by atoms with E-state index in [4.69, 9.17) is 0 Å². The van der Waals surface area contributed by atoms with Gasteiger partial charge in [-0.25, -0.2) is 0 Å². The monoisotopic (exact) mass is 392 g/mol. The molecule has 0 spiro atoms. The molecular weight excluding hydrogens is 372 g/mol. The average molecular weight is 392 g/mol. The highest BCUT2D eigenvalue weighted by Crippen LogP contribution is 2.25. The van der Waals surface area contributed by atoms with Gasteiger partial charge in [0.15, 0.2) is 10.9 Å². The molecule has 28 heavy (non-hydrogen) atoms. The Bertz CT molecular complexity index is 1030. The van der Waals surface area contributed by atoms with Crippen LogP contribution in [0.25, 0.3) is 5.69 Å². The first kappa shape index (κ1) is 18.4. The fourth-order valence-electron chi connectivity index (χ4n) is 3.30. The zero-order valence-electron chi connectivity index (χ0n) is 15.5. The van der Waals surface area contributed by atoms with Crippen molar-refractivity contribution in [3.05, 3.63) is 66.0 Å². The van der Waals surface area contributed by atoms with Crippen LogP contribution in [0.1, 0.15) is 28.8 Å². The van der Waals surface area contributed by atoms with Crippen LogP contribution in [0.4, 0.5) is 5.69 Å². The van der Waals surface area contributed by atoms with Crippen molar-refractivity contribution in [2.75, 3.05) is 17.2 Å². The number of thioether (sulfide) groups is 1. The number of amides is 1. The van der Waals surface area contributed by atoms with Crippen LogP contribution in [-0.2, 0) is 4.79 Å². The van der Waals surface area contributed by atoms with Crippen LogP contribution >= 0.6 is 11.8 Å².